The zero-order chi connectivity index (χ0) is 15.2. The third-order valence-electron chi connectivity index (χ3n) is 3.46. The zero-order valence-corrected chi connectivity index (χ0v) is 12.4. The molecule has 0 aliphatic heterocycles. The van der Waals surface area contributed by atoms with Gasteiger partial charge in [0.05, 0.1) is 4.92 Å². The van der Waals surface area contributed by atoms with E-state index in [9.17, 15) is 10.1 Å². The number of hydrogen-bond acceptors (Lipinski definition) is 3. The molecule has 0 unspecified atom stereocenters. The van der Waals surface area contributed by atoms with Crippen LogP contribution in [0.15, 0.2) is 42.5 Å². The minimum absolute atomic E-state index is 0.174. The number of benzene rings is 2. The van der Waals surface area contributed by atoms with Crippen LogP contribution in [0.3, 0.4) is 0 Å². The molecule has 4 heteroatoms. The standard InChI is InChI=1S/C17H20N2O2/c1-3-4-14-7-9-16(10-8-14)18-12-15-6-5-13(2)17(11-15)19(20)21/h5-11,18H,3-4,12H2,1-2H3. The number of aryl methyl sites for hydroxylation is 2. The fourth-order valence-corrected chi connectivity index (χ4v) is 2.24. The largest absolute Gasteiger partial charge is 0.381 e. The number of nitro benzene ring substituents is 1. The SMILES string of the molecule is CCCc1ccc(NCc2ccc(C)c([N+](=O)[O-])c2)cc1. The second kappa shape index (κ2) is 6.88. The van der Waals surface area contributed by atoms with Crippen molar-refractivity contribution >= 4 is 11.4 Å². The number of rotatable bonds is 6. The number of nitrogens with one attached hydrogen (secondary N) is 1. The molecule has 1 N–H and O–H groups in total. The highest BCUT2D eigenvalue weighted by atomic mass is 16.6. The van der Waals surface area contributed by atoms with Crippen molar-refractivity contribution in [3.63, 3.8) is 0 Å². The van der Waals surface area contributed by atoms with Gasteiger partial charge in [0.1, 0.15) is 0 Å². The van der Waals surface area contributed by atoms with Gasteiger partial charge in [-0.15, -0.1) is 0 Å². The smallest absolute Gasteiger partial charge is 0.272 e. The lowest BCUT2D eigenvalue weighted by Crippen LogP contribution is -2.01. The van der Waals surface area contributed by atoms with Crippen LogP contribution in [0.1, 0.15) is 30.0 Å². The number of nitrogens with zero attached hydrogens (tertiary/aromatic N) is 1. The number of anilines is 1. The van der Waals surface area contributed by atoms with Crippen LogP contribution < -0.4 is 5.32 Å². The first kappa shape index (κ1) is 15.0. The van der Waals surface area contributed by atoms with E-state index in [4.69, 9.17) is 0 Å². The molecule has 2 aromatic rings. The second-order valence-corrected chi connectivity index (χ2v) is 5.18. The lowest BCUT2D eigenvalue weighted by Gasteiger charge is -2.08. The molecule has 0 aliphatic carbocycles. The zero-order valence-electron chi connectivity index (χ0n) is 12.4. The molecule has 0 aromatic heterocycles. The van der Waals surface area contributed by atoms with Crippen LogP contribution in [0.4, 0.5) is 11.4 Å². The normalized spacial score (nSPS) is 10.4. The molecule has 0 fully saturated rings. The third-order valence-corrected chi connectivity index (χ3v) is 3.46. The summed E-state index contributed by atoms with van der Waals surface area (Å²) >= 11 is 0. The van der Waals surface area contributed by atoms with Gasteiger partial charge in [-0.05, 0) is 36.6 Å². The molecule has 0 bridgehead atoms. The maximum absolute atomic E-state index is 10.9. The Balaban J connectivity index is 2.02. The van der Waals surface area contributed by atoms with Gasteiger partial charge in [0.25, 0.3) is 5.69 Å². The fraction of sp³-hybridized carbons (Fsp3) is 0.294. The highest BCUT2D eigenvalue weighted by molar-refractivity contribution is 5.47. The molecule has 0 atom stereocenters. The van der Waals surface area contributed by atoms with Crippen molar-refractivity contribution in [2.45, 2.75) is 33.2 Å². The Kier molecular flexibility index (Phi) is 4.93. The lowest BCUT2D eigenvalue weighted by atomic mass is 10.1. The summed E-state index contributed by atoms with van der Waals surface area (Å²) in [6.07, 6.45) is 2.23. The Labute approximate surface area is 125 Å². The summed E-state index contributed by atoms with van der Waals surface area (Å²) in [6, 6.07) is 13.7. The van der Waals surface area contributed by atoms with Crippen LogP contribution in [0, 0.1) is 17.0 Å². The van der Waals surface area contributed by atoms with Crippen LogP contribution >= 0.6 is 0 Å². The Morgan fingerprint density at radius 1 is 1.10 bits per heavy atom. The average molecular weight is 284 g/mol. The fourth-order valence-electron chi connectivity index (χ4n) is 2.24. The maximum atomic E-state index is 10.9. The molecule has 0 heterocycles. The van der Waals surface area contributed by atoms with Gasteiger partial charge in [-0.2, -0.15) is 0 Å². The Hall–Kier alpha value is -2.36. The van der Waals surface area contributed by atoms with Crippen LogP contribution in [0.5, 0.6) is 0 Å². The summed E-state index contributed by atoms with van der Waals surface area (Å²) < 4.78 is 0. The Morgan fingerprint density at radius 2 is 1.76 bits per heavy atom. The molecular weight excluding hydrogens is 264 g/mol. The van der Waals surface area contributed by atoms with E-state index in [2.05, 4.69) is 24.4 Å². The van der Waals surface area contributed by atoms with Crippen molar-refractivity contribution in [3.05, 3.63) is 69.3 Å². The number of nitro groups is 1. The first-order valence-corrected chi connectivity index (χ1v) is 7.17. The summed E-state index contributed by atoms with van der Waals surface area (Å²) in [7, 11) is 0. The topological polar surface area (TPSA) is 55.2 Å². The molecule has 2 aromatic carbocycles. The van der Waals surface area contributed by atoms with Crippen molar-refractivity contribution < 1.29 is 4.92 Å². The summed E-state index contributed by atoms with van der Waals surface area (Å²) in [5, 5.41) is 14.2. The van der Waals surface area contributed by atoms with Crippen molar-refractivity contribution in [1.29, 1.82) is 0 Å². The molecule has 21 heavy (non-hydrogen) atoms. The monoisotopic (exact) mass is 284 g/mol. The highest BCUT2D eigenvalue weighted by Gasteiger charge is 2.10. The van der Waals surface area contributed by atoms with Crippen molar-refractivity contribution in [1.82, 2.24) is 0 Å². The summed E-state index contributed by atoms with van der Waals surface area (Å²) in [4.78, 5) is 10.6. The van der Waals surface area contributed by atoms with E-state index < -0.39 is 0 Å². The predicted molar refractivity (Wildman–Crippen MR) is 85.6 cm³/mol. The minimum atomic E-state index is -0.335. The van der Waals surface area contributed by atoms with Gasteiger partial charge in [-0.3, -0.25) is 10.1 Å². The van der Waals surface area contributed by atoms with Gasteiger partial charge >= 0.3 is 0 Å². The number of hydrogen-bond donors (Lipinski definition) is 1. The van der Waals surface area contributed by atoms with Crippen LogP contribution in [0.2, 0.25) is 0 Å². The van der Waals surface area contributed by atoms with E-state index >= 15 is 0 Å². The Bertz CT molecular complexity index is 621. The van der Waals surface area contributed by atoms with Gasteiger partial charge in [0, 0.05) is 23.9 Å². The van der Waals surface area contributed by atoms with E-state index in [0.29, 0.717) is 12.1 Å². The summed E-state index contributed by atoms with van der Waals surface area (Å²) in [5.74, 6) is 0. The Morgan fingerprint density at radius 3 is 2.38 bits per heavy atom. The van der Waals surface area contributed by atoms with Crippen LogP contribution in [-0.2, 0) is 13.0 Å². The van der Waals surface area contributed by atoms with Gasteiger partial charge in [0.15, 0.2) is 0 Å². The summed E-state index contributed by atoms with van der Waals surface area (Å²) in [6.45, 7) is 4.49. The first-order valence-electron chi connectivity index (χ1n) is 7.17. The molecule has 0 radical (unpaired) electrons. The van der Waals surface area contributed by atoms with Gasteiger partial charge in [-0.1, -0.05) is 37.6 Å². The van der Waals surface area contributed by atoms with Crippen LogP contribution in [0.25, 0.3) is 0 Å². The van der Waals surface area contributed by atoms with Crippen molar-refractivity contribution in [3.8, 4) is 0 Å². The molecule has 0 saturated carbocycles. The first-order chi connectivity index (χ1) is 10.1. The maximum Gasteiger partial charge on any atom is 0.272 e. The summed E-state index contributed by atoms with van der Waals surface area (Å²) in [5.41, 5.74) is 4.12. The minimum Gasteiger partial charge on any atom is -0.381 e. The third kappa shape index (κ3) is 4.05. The average Bonchev–Trinajstić information content (AvgIpc) is 2.48. The van der Waals surface area contributed by atoms with Gasteiger partial charge < -0.3 is 5.32 Å². The molecule has 110 valence electrons. The van der Waals surface area contributed by atoms with E-state index in [1.54, 1.807) is 19.1 Å². The van der Waals surface area contributed by atoms with Crippen LogP contribution in [-0.4, -0.2) is 4.92 Å². The van der Waals surface area contributed by atoms with E-state index in [0.717, 1.165) is 24.1 Å². The van der Waals surface area contributed by atoms with Crippen molar-refractivity contribution in [2.75, 3.05) is 5.32 Å². The molecule has 4 nitrogen and oxygen atoms in total. The molecular formula is C17H20N2O2. The molecule has 0 amide bonds. The molecule has 0 spiro atoms. The molecule has 0 saturated heterocycles. The quantitative estimate of drug-likeness (QED) is 0.629. The second-order valence-electron chi connectivity index (χ2n) is 5.18. The van der Waals surface area contributed by atoms with E-state index in [1.807, 2.05) is 18.2 Å². The molecule has 0 aliphatic rings. The molecule has 2 rings (SSSR count). The lowest BCUT2D eigenvalue weighted by molar-refractivity contribution is -0.385. The van der Waals surface area contributed by atoms with Gasteiger partial charge in [0.2, 0.25) is 0 Å². The van der Waals surface area contributed by atoms with Gasteiger partial charge in [-0.25, -0.2) is 0 Å². The van der Waals surface area contributed by atoms with E-state index in [-0.39, 0.29) is 10.6 Å². The van der Waals surface area contributed by atoms with Crippen molar-refractivity contribution in [2.24, 2.45) is 0 Å². The predicted octanol–water partition coefficient (Wildman–Crippen LogP) is 4.47. The highest BCUT2D eigenvalue weighted by Crippen LogP contribution is 2.20. The van der Waals surface area contributed by atoms with E-state index in [1.165, 1.54) is 5.56 Å².